The van der Waals surface area contributed by atoms with E-state index in [1.807, 2.05) is 0 Å². The van der Waals surface area contributed by atoms with Gasteiger partial charge in [0.05, 0.1) is 4.83 Å². The zero-order valence-electron chi connectivity index (χ0n) is 3.37. The van der Waals surface area contributed by atoms with Gasteiger partial charge in [0.15, 0.2) is 5.63 Å². The lowest BCUT2D eigenvalue weighted by Crippen LogP contribution is -2.09. The van der Waals surface area contributed by atoms with Crippen molar-refractivity contribution in [1.82, 2.24) is 0 Å². The molecule has 0 bridgehead atoms. The van der Waals surface area contributed by atoms with Crippen LogP contribution < -0.4 is 0 Å². The van der Waals surface area contributed by atoms with E-state index in [9.17, 15) is 4.39 Å². The molecule has 44 valence electrons. The van der Waals surface area contributed by atoms with Crippen LogP contribution in [-0.2, 0) is 0 Å². The second-order valence-electron chi connectivity index (χ2n) is 1.00. The maximum atomic E-state index is 11.7. The Morgan fingerprint density at radius 1 is 1.71 bits per heavy atom. The van der Waals surface area contributed by atoms with E-state index < -0.39 is 10.5 Å². The van der Waals surface area contributed by atoms with Crippen LogP contribution in [0.1, 0.15) is 0 Å². The molecule has 0 radical (unpaired) electrons. The average molecular weight is 210 g/mol. The van der Waals surface area contributed by atoms with Crippen molar-refractivity contribution in [1.29, 1.82) is 0 Å². The molecule has 0 spiro atoms. The third-order valence-electron chi connectivity index (χ3n) is 0.421. The van der Waals surface area contributed by atoms with Crippen LogP contribution in [0.25, 0.3) is 0 Å². The molecule has 0 saturated carbocycles. The van der Waals surface area contributed by atoms with Crippen molar-refractivity contribution < 1.29 is 4.39 Å². The van der Waals surface area contributed by atoms with Crippen molar-refractivity contribution in [2.24, 2.45) is 0 Å². The van der Waals surface area contributed by atoms with Crippen molar-refractivity contribution in [3.63, 3.8) is 0 Å². The van der Waals surface area contributed by atoms with E-state index in [-0.39, 0.29) is 5.88 Å². The van der Waals surface area contributed by atoms with Crippen molar-refractivity contribution in [3.05, 3.63) is 0 Å². The Labute approximate surface area is 60.1 Å². The van der Waals surface area contributed by atoms with E-state index in [1.54, 1.807) is 0 Å². The summed E-state index contributed by atoms with van der Waals surface area (Å²) in [6.45, 7) is 0. The van der Waals surface area contributed by atoms with Gasteiger partial charge in [0.2, 0.25) is 0 Å². The van der Waals surface area contributed by atoms with E-state index in [0.717, 1.165) is 0 Å². The zero-order valence-corrected chi connectivity index (χ0v) is 6.47. The van der Waals surface area contributed by atoms with Crippen LogP contribution in [0.15, 0.2) is 0 Å². The number of alkyl halides is 4. The molecule has 0 heterocycles. The summed E-state index contributed by atoms with van der Waals surface area (Å²) in [7, 11) is 0. The molecule has 7 heavy (non-hydrogen) atoms. The second-order valence-corrected chi connectivity index (χ2v) is 2.91. The van der Waals surface area contributed by atoms with Crippen LogP contribution in [0.4, 0.5) is 4.39 Å². The Kier molecular flexibility index (Phi) is 4.48. The molecule has 0 nitrogen and oxygen atoms in total. The maximum Gasteiger partial charge on any atom is 0.187 e. The fraction of sp³-hybridized carbons (Fsp3) is 1.00. The van der Waals surface area contributed by atoms with Crippen LogP contribution in [-0.4, -0.2) is 16.3 Å². The SMILES string of the molecule is F[C@H](Cl)[C@H](Br)CCl. The highest BCUT2D eigenvalue weighted by Crippen LogP contribution is 2.13. The highest BCUT2D eigenvalue weighted by Gasteiger charge is 2.11. The number of rotatable bonds is 2. The first-order valence-electron chi connectivity index (χ1n) is 1.66. The van der Waals surface area contributed by atoms with Gasteiger partial charge in [0.1, 0.15) is 0 Å². The minimum Gasteiger partial charge on any atom is -0.229 e. The van der Waals surface area contributed by atoms with E-state index in [2.05, 4.69) is 15.9 Å². The fourth-order valence-electron chi connectivity index (χ4n) is 0.0673. The first kappa shape index (κ1) is 7.99. The quantitative estimate of drug-likeness (QED) is 0.614. The predicted molar refractivity (Wildman–Crippen MR) is 34.2 cm³/mol. The molecule has 0 aliphatic rings. The Hall–Kier alpha value is 0.990. The number of hydrogen-bond donors (Lipinski definition) is 0. The van der Waals surface area contributed by atoms with E-state index in [0.29, 0.717) is 0 Å². The molecule has 0 rings (SSSR count). The summed E-state index contributed by atoms with van der Waals surface area (Å²) < 4.78 is 11.7. The largest absolute Gasteiger partial charge is 0.229 e. The lowest BCUT2D eigenvalue weighted by Gasteiger charge is -2.01. The molecule has 0 aliphatic heterocycles. The molecule has 0 fully saturated rings. The summed E-state index contributed by atoms with van der Waals surface area (Å²) in [5.41, 5.74) is -1.38. The maximum absolute atomic E-state index is 11.7. The highest BCUT2D eigenvalue weighted by molar-refractivity contribution is 9.09. The van der Waals surface area contributed by atoms with Gasteiger partial charge in [-0.3, -0.25) is 0 Å². The standard InChI is InChI=1S/C3H4BrCl2F/c4-2(1-5)3(6)7/h2-3H,1H2/t2-,3+/m1/s1. The monoisotopic (exact) mass is 208 g/mol. The van der Waals surface area contributed by atoms with Crippen LogP contribution in [0.5, 0.6) is 0 Å². The first-order chi connectivity index (χ1) is 3.18. The molecule has 0 amide bonds. The van der Waals surface area contributed by atoms with Crippen LogP contribution >= 0.6 is 39.1 Å². The van der Waals surface area contributed by atoms with Crippen LogP contribution in [0.2, 0.25) is 0 Å². The van der Waals surface area contributed by atoms with E-state index in [4.69, 9.17) is 23.2 Å². The lowest BCUT2D eigenvalue weighted by atomic mass is 10.5. The van der Waals surface area contributed by atoms with Gasteiger partial charge in [-0.25, -0.2) is 4.39 Å². The third-order valence-corrected chi connectivity index (χ3v) is 2.52. The van der Waals surface area contributed by atoms with Crippen molar-refractivity contribution in [2.45, 2.75) is 10.5 Å². The second kappa shape index (κ2) is 3.93. The van der Waals surface area contributed by atoms with Gasteiger partial charge in [-0.2, -0.15) is 0 Å². The normalized spacial score (nSPS) is 18.9. The average Bonchev–Trinajstić information content (AvgIpc) is 1.65. The smallest absolute Gasteiger partial charge is 0.187 e. The van der Waals surface area contributed by atoms with Gasteiger partial charge in [-0.1, -0.05) is 27.5 Å². The number of hydrogen-bond acceptors (Lipinski definition) is 0. The zero-order chi connectivity index (χ0) is 5.86. The van der Waals surface area contributed by atoms with Gasteiger partial charge >= 0.3 is 0 Å². The minimum absolute atomic E-state index is 0.199. The Balaban J connectivity index is 3.14. The van der Waals surface area contributed by atoms with Gasteiger partial charge < -0.3 is 0 Å². The van der Waals surface area contributed by atoms with Crippen molar-refractivity contribution in [3.8, 4) is 0 Å². The topological polar surface area (TPSA) is 0 Å². The van der Waals surface area contributed by atoms with Gasteiger partial charge in [-0.15, -0.1) is 11.6 Å². The predicted octanol–water partition coefficient (Wildman–Crippen LogP) is 2.52. The lowest BCUT2D eigenvalue weighted by molar-refractivity contribution is 0.447. The minimum atomic E-state index is -1.38. The van der Waals surface area contributed by atoms with Gasteiger partial charge in [-0.05, 0) is 0 Å². The first-order valence-corrected chi connectivity index (χ1v) is 3.55. The van der Waals surface area contributed by atoms with Crippen LogP contribution in [0.3, 0.4) is 0 Å². The third kappa shape index (κ3) is 3.56. The molecular weight excluding hydrogens is 206 g/mol. The molecule has 4 heteroatoms. The Bertz CT molecular complexity index is 50.2. The molecular formula is C3H4BrCl2F. The molecule has 0 aromatic heterocycles. The Morgan fingerprint density at radius 2 is 2.14 bits per heavy atom. The summed E-state index contributed by atoms with van der Waals surface area (Å²) in [5, 5.41) is 0. The van der Waals surface area contributed by atoms with Crippen molar-refractivity contribution in [2.75, 3.05) is 5.88 Å². The van der Waals surface area contributed by atoms with E-state index >= 15 is 0 Å². The summed E-state index contributed by atoms with van der Waals surface area (Å²) in [5.74, 6) is 0.199. The summed E-state index contributed by atoms with van der Waals surface area (Å²) >= 11 is 13.0. The molecule has 0 aliphatic carbocycles. The molecule has 0 unspecified atom stereocenters. The van der Waals surface area contributed by atoms with Gasteiger partial charge in [0, 0.05) is 5.88 Å². The van der Waals surface area contributed by atoms with Gasteiger partial charge in [0.25, 0.3) is 0 Å². The molecule has 2 atom stereocenters. The molecule has 0 aromatic carbocycles. The van der Waals surface area contributed by atoms with E-state index in [1.165, 1.54) is 0 Å². The molecule has 0 N–H and O–H groups in total. The molecule has 0 aromatic rings. The number of halogens is 4. The highest BCUT2D eigenvalue weighted by atomic mass is 79.9. The molecule has 0 saturated heterocycles. The summed E-state index contributed by atoms with van der Waals surface area (Å²) in [4.78, 5) is -0.421. The van der Waals surface area contributed by atoms with Crippen molar-refractivity contribution >= 4 is 39.1 Å². The van der Waals surface area contributed by atoms with Crippen LogP contribution in [0, 0.1) is 0 Å². The Morgan fingerprint density at radius 3 is 2.14 bits per heavy atom. The fourth-order valence-corrected chi connectivity index (χ4v) is 0.404. The summed E-state index contributed by atoms with van der Waals surface area (Å²) in [6, 6.07) is 0. The summed E-state index contributed by atoms with van der Waals surface area (Å²) in [6.07, 6.45) is 0.